The van der Waals surface area contributed by atoms with Crippen molar-refractivity contribution in [3.63, 3.8) is 0 Å². The molecule has 0 bridgehead atoms. The Morgan fingerprint density at radius 3 is 2.00 bits per heavy atom. The van der Waals surface area contributed by atoms with Crippen LogP contribution in [0, 0.1) is 11.2 Å². The summed E-state index contributed by atoms with van der Waals surface area (Å²) in [5.74, 6) is -5.54. The van der Waals surface area contributed by atoms with E-state index in [2.05, 4.69) is 9.88 Å². The fourth-order valence-electron chi connectivity index (χ4n) is 4.09. The molecule has 4 rings (SSSR count). The zero-order chi connectivity index (χ0) is 29.4. The van der Waals surface area contributed by atoms with Crippen LogP contribution >= 0.6 is 0 Å². The topological polar surface area (TPSA) is 111 Å². The number of amides is 1. The zero-order valence-electron chi connectivity index (χ0n) is 20.2. The highest BCUT2D eigenvalue weighted by atomic mass is 19.4. The predicted molar refractivity (Wildman–Crippen MR) is 120 cm³/mol. The maximum absolute atomic E-state index is 13.4. The van der Waals surface area contributed by atoms with Gasteiger partial charge in [-0.1, -0.05) is 18.2 Å². The standard InChI is InChI=1S/C20H22FN3O.2C2HF3O2/c21-17-5-3-4-16(12-17)13-24-11-8-20(19(24)25)7-10-23(15-20)14-18-6-1-2-9-22-18;2*3-2(4,5)1(6)7/h1-6,9,12H,7-8,10-11,13-15H2;2*(H,6,7). The van der Waals surface area contributed by atoms with Gasteiger partial charge in [-0.2, -0.15) is 26.3 Å². The maximum Gasteiger partial charge on any atom is 0.490 e. The number of likely N-dealkylation sites (tertiary alicyclic amines) is 2. The van der Waals surface area contributed by atoms with Crippen LogP contribution in [0.3, 0.4) is 0 Å². The first-order valence-corrected chi connectivity index (χ1v) is 11.3. The molecule has 1 aromatic carbocycles. The molecule has 1 amide bonds. The van der Waals surface area contributed by atoms with E-state index in [-0.39, 0.29) is 17.1 Å². The lowest BCUT2D eigenvalue weighted by molar-refractivity contribution is -0.193. The number of aromatic nitrogens is 1. The number of carboxylic acid groups (broad SMARTS) is 2. The summed E-state index contributed by atoms with van der Waals surface area (Å²) in [7, 11) is 0. The Hall–Kier alpha value is -3.75. The smallest absolute Gasteiger partial charge is 0.475 e. The largest absolute Gasteiger partial charge is 0.490 e. The second-order valence-electron chi connectivity index (χ2n) is 8.77. The number of nitrogens with zero attached hydrogens (tertiary/aromatic N) is 3. The Labute approximate surface area is 217 Å². The minimum atomic E-state index is -5.08. The van der Waals surface area contributed by atoms with Gasteiger partial charge in [-0.3, -0.25) is 14.7 Å². The van der Waals surface area contributed by atoms with Crippen molar-refractivity contribution in [2.24, 2.45) is 5.41 Å². The highest BCUT2D eigenvalue weighted by Crippen LogP contribution is 2.41. The van der Waals surface area contributed by atoms with Crippen molar-refractivity contribution in [1.82, 2.24) is 14.8 Å². The summed E-state index contributed by atoms with van der Waals surface area (Å²) in [5, 5.41) is 14.2. The summed E-state index contributed by atoms with van der Waals surface area (Å²) in [4.78, 5) is 39.4. The Morgan fingerprint density at radius 1 is 0.897 bits per heavy atom. The summed E-state index contributed by atoms with van der Waals surface area (Å²) in [6.07, 6.45) is -6.57. The van der Waals surface area contributed by atoms with E-state index in [4.69, 9.17) is 19.8 Å². The summed E-state index contributed by atoms with van der Waals surface area (Å²) < 4.78 is 76.8. The van der Waals surface area contributed by atoms with Gasteiger partial charge in [0.2, 0.25) is 5.91 Å². The number of rotatable bonds is 4. The molecule has 2 aromatic rings. The molecular weight excluding hydrogens is 543 g/mol. The average molecular weight is 567 g/mol. The molecule has 8 nitrogen and oxygen atoms in total. The fourth-order valence-corrected chi connectivity index (χ4v) is 4.09. The quantitative estimate of drug-likeness (QED) is 0.535. The van der Waals surface area contributed by atoms with Crippen LogP contribution in [0.1, 0.15) is 24.1 Å². The normalized spacial score (nSPS) is 19.3. The van der Waals surface area contributed by atoms with Crippen molar-refractivity contribution < 1.29 is 55.3 Å². The molecule has 214 valence electrons. The number of benzene rings is 1. The molecule has 3 heterocycles. The minimum Gasteiger partial charge on any atom is -0.475 e. The van der Waals surface area contributed by atoms with E-state index in [1.165, 1.54) is 12.1 Å². The maximum atomic E-state index is 13.4. The van der Waals surface area contributed by atoms with Gasteiger partial charge in [-0.05, 0) is 49.2 Å². The lowest BCUT2D eigenvalue weighted by Gasteiger charge is -2.23. The third-order valence-corrected chi connectivity index (χ3v) is 5.89. The molecule has 39 heavy (non-hydrogen) atoms. The fraction of sp³-hybridized carbons (Fsp3) is 0.417. The van der Waals surface area contributed by atoms with Gasteiger partial charge in [0, 0.05) is 32.4 Å². The summed E-state index contributed by atoms with van der Waals surface area (Å²) in [5.41, 5.74) is 1.64. The van der Waals surface area contributed by atoms with Crippen molar-refractivity contribution in [2.45, 2.75) is 38.3 Å². The number of hydrogen-bond acceptors (Lipinski definition) is 5. The van der Waals surface area contributed by atoms with Crippen LogP contribution in [0.4, 0.5) is 30.7 Å². The number of alkyl halides is 6. The Morgan fingerprint density at radius 2 is 1.49 bits per heavy atom. The van der Waals surface area contributed by atoms with Crippen molar-refractivity contribution >= 4 is 17.8 Å². The number of pyridine rings is 1. The van der Waals surface area contributed by atoms with Crippen LogP contribution in [0.2, 0.25) is 0 Å². The first kappa shape index (κ1) is 31.5. The van der Waals surface area contributed by atoms with Crippen molar-refractivity contribution in [1.29, 1.82) is 0 Å². The van der Waals surface area contributed by atoms with Gasteiger partial charge >= 0.3 is 24.3 Å². The first-order valence-electron chi connectivity index (χ1n) is 11.3. The first-order chi connectivity index (χ1) is 18.0. The van der Waals surface area contributed by atoms with E-state index in [1.54, 1.807) is 6.07 Å². The molecular formula is C24H24F7N3O5. The van der Waals surface area contributed by atoms with Crippen molar-refractivity contribution in [3.05, 3.63) is 65.7 Å². The molecule has 15 heteroatoms. The molecule has 2 aliphatic rings. The monoisotopic (exact) mass is 567 g/mol. The van der Waals surface area contributed by atoms with E-state index in [9.17, 15) is 35.5 Å². The molecule has 2 fully saturated rings. The highest BCUT2D eigenvalue weighted by molar-refractivity contribution is 5.85. The second kappa shape index (κ2) is 12.9. The molecule has 0 saturated carbocycles. The summed E-state index contributed by atoms with van der Waals surface area (Å²) in [6, 6.07) is 12.5. The number of aliphatic carboxylic acids is 2. The lowest BCUT2D eigenvalue weighted by atomic mass is 9.85. The van der Waals surface area contributed by atoms with Crippen LogP contribution in [0.5, 0.6) is 0 Å². The van der Waals surface area contributed by atoms with E-state index >= 15 is 0 Å². The Balaban J connectivity index is 0.000000317. The van der Waals surface area contributed by atoms with Crippen LogP contribution < -0.4 is 0 Å². The van der Waals surface area contributed by atoms with Crippen molar-refractivity contribution in [2.75, 3.05) is 19.6 Å². The highest BCUT2D eigenvalue weighted by Gasteiger charge is 2.50. The number of carboxylic acids is 2. The van der Waals surface area contributed by atoms with E-state index in [0.717, 1.165) is 50.3 Å². The number of halogens is 7. The second-order valence-corrected chi connectivity index (χ2v) is 8.77. The number of hydrogen-bond donors (Lipinski definition) is 2. The summed E-state index contributed by atoms with van der Waals surface area (Å²) >= 11 is 0. The molecule has 2 aliphatic heterocycles. The van der Waals surface area contributed by atoms with E-state index < -0.39 is 24.3 Å². The minimum absolute atomic E-state index is 0.222. The number of carbonyl (C=O) groups excluding carboxylic acids is 1. The Bertz CT molecular complexity index is 1120. The van der Waals surface area contributed by atoms with Gasteiger partial charge in [0.1, 0.15) is 5.82 Å². The third kappa shape index (κ3) is 9.50. The van der Waals surface area contributed by atoms with Gasteiger partial charge in [-0.15, -0.1) is 0 Å². The van der Waals surface area contributed by atoms with Gasteiger partial charge in [0.25, 0.3) is 0 Å². The molecule has 1 aromatic heterocycles. The third-order valence-electron chi connectivity index (χ3n) is 5.89. The molecule has 1 atom stereocenters. The predicted octanol–water partition coefficient (Wildman–Crippen LogP) is 4.11. The van der Waals surface area contributed by atoms with Crippen LogP contribution in [0.25, 0.3) is 0 Å². The molecule has 2 N–H and O–H groups in total. The molecule has 0 aliphatic carbocycles. The Kier molecular flexibility index (Phi) is 10.4. The van der Waals surface area contributed by atoms with E-state index in [1.807, 2.05) is 35.4 Å². The summed E-state index contributed by atoms with van der Waals surface area (Å²) in [6.45, 7) is 3.77. The van der Waals surface area contributed by atoms with Gasteiger partial charge < -0.3 is 15.1 Å². The lowest BCUT2D eigenvalue weighted by Crippen LogP contribution is -2.36. The van der Waals surface area contributed by atoms with Crippen molar-refractivity contribution in [3.8, 4) is 0 Å². The molecule has 1 spiro atoms. The van der Waals surface area contributed by atoms with E-state index in [0.29, 0.717) is 6.54 Å². The average Bonchev–Trinajstić information content (AvgIpc) is 3.38. The molecule has 1 unspecified atom stereocenters. The van der Waals surface area contributed by atoms with Gasteiger partial charge in [0.05, 0.1) is 11.1 Å². The molecule has 0 radical (unpaired) electrons. The molecule has 2 saturated heterocycles. The van der Waals surface area contributed by atoms with Gasteiger partial charge in [-0.25, -0.2) is 14.0 Å². The van der Waals surface area contributed by atoms with Gasteiger partial charge in [0.15, 0.2) is 0 Å². The van der Waals surface area contributed by atoms with Crippen LogP contribution in [0.15, 0.2) is 48.7 Å². The SMILES string of the molecule is O=C(O)C(F)(F)F.O=C(O)C(F)(F)F.O=C1N(Cc2cccc(F)c2)CCC12CCN(Cc1ccccn1)C2. The zero-order valence-corrected chi connectivity index (χ0v) is 20.2. The van der Waals surface area contributed by atoms with Crippen LogP contribution in [-0.2, 0) is 27.5 Å². The van der Waals surface area contributed by atoms with Crippen LogP contribution in [-0.4, -0.2) is 74.8 Å². The number of carbonyl (C=O) groups is 3.